The Labute approximate surface area is 68.2 Å². The number of Topliss-reactive ketones (excluding diaryl/α,β-unsaturated/α-hetero) is 1. The molecule has 0 aliphatic heterocycles. The second kappa shape index (κ2) is 2.33. The summed E-state index contributed by atoms with van der Waals surface area (Å²) >= 11 is 0. The van der Waals surface area contributed by atoms with Crippen LogP contribution >= 0.6 is 0 Å². The Bertz CT molecular complexity index is 185. The third-order valence-electron chi connectivity index (χ3n) is 3.67. The first-order chi connectivity index (χ1) is 5.18. The molecule has 4 unspecified atom stereocenters. The fourth-order valence-corrected chi connectivity index (χ4v) is 3.17. The minimum Gasteiger partial charge on any atom is -0.300 e. The van der Waals surface area contributed by atoms with Crippen LogP contribution in [0.25, 0.3) is 0 Å². The van der Waals surface area contributed by atoms with E-state index in [1.165, 1.54) is 19.3 Å². The van der Waals surface area contributed by atoms with Crippen LogP contribution in [0.2, 0.25) is 0 Å². The summed E-state index contributed by atoms with van der Waals surface area (Å²) in [5, 5.41) is 0. The molecule has 1 heteroatoms. The van der Waals surface area contributed by atoms with Gasteiger partial charge in [0.1, 0.15) is 5.78 Å². The average Bonchev–Trinajstić information content (AvgIpc) is 2.43. The first-order valence-electron chi connectivity index (χ1n) is 4.69. The summed E-state index contributed by atoms with van der Waals surface area (Å²) in [5.41, 5.74) is 0. The first kappa shape index (κ1) is 7.33. The van der Waals surface area contributed by atoms with Gasteiger partial charge in [-0.05, 0) is 43.9 Å². The van der Waals surface area contributed by atoms with E-state index >= 15 is 0 Å². The molecule has 2 saturated carbocycles. The maximum absolute atomic E-state index is 11.2. The van der Waals surface area contributed by atoms with E-state index in [2.05, 4.69) is 6.92 Å². The number of hydrogen-bond acceptors (Lipinski definition) is 1. The predicted octanol–water partition coefficient (Wildman–Crippen LogP) is 2.26. The summed E-state index contributed by atoms with van der Waals surface area (Å²) in [6, 6.07) is 0. The molecular weight excluding hydrogens is 136 g/mol. The number of fused-ring (bicyclic) bond motifs is 2. The molecule has 0 spiro atoms. The molecule has 2 aliphatic rings. The number of carbonyl (C=O) groups excluding carboxylic acids is 1. The van der Waals surface area contributed by atoms with Gasteiger partial charge in [0, 0.05) is 5.92 Å². The second-order valence-corrected chi connectivity index (χ2v) is 4.43. The van der Waals surface area contributed by atoms with Crippen molar-refractivity contribution in [3.63, 3.8) is 0 Å². The van der Waals surface area contributed by atoms with Crippen LogP contribution in [0.1, 0.15) is 33.1 Å². The lowest BCUT2D eigenvalue weighted by atomic mass is 9.80. The molecule has 0 aromatic heterocycles. The first-order valence-corrected chi connectivity index (χ1v) is 4.69. The fourth-order valence-electron chi connectivity index (χ4n) is 3.17. The SMILES string of the molecule is CC(=O)C1CC2CC(C)C1C2. The van der Waals surface area contributed by atoms with Crippen LogP contribution in [0.3, 0.4) is 0 Å². The highest BCUT2D eigenvalue weighted by atomic mass is 16.1. The summed E-state index contributed by atoms with van der Waals surface area (Å²) in [5.74, 6) is 3.33. The summed E-state index contributed by atoms with van der Waals surface area (Å²) in [7, 11) is 0. The van der Waals surface area contributed by atoms with E-state index in [4.69, 9.17) is 0 Å². The van der Waals surface area contributed by atoms with Crippen molar-refractivity contribution in [1.82, 2.24) is 0 Å². The minimum atomic E-state index is 0.434. The Kier molecular flexibility index (Phi) is 1.55. The van der Waals surface area contributed by atoms with Gasteiger partial charge in [0.05, 0.1) is 0 Å². The number of rotatable bonds is 1. The van der Waals surface area contributed by atoms with Crippen LogP contribution in [-0.2, 0) is 4.79 Å². The van der Waals surface area contributed by atoms with Gasteiger partial charge in [-0.15, -0.1) is 0 Å². The van der Waals surface area contributed by atoms with Crippen molar-refractivity contribution in [2.24, 2.45) is 23.7 Å². The number of carbonyl (C=O) groups is 1. The predicted molar refractivity (Wildman–Crippen MR) is 44.2 cm³/mol. The van der Waals surface area contributed by atoms with E-state index in [1.807, 2.05) is 0 Å². The Morgan fingerprint density at radius 2 is 2.00 bits per heavy atom. The fraction of sp³-hybridized carbons (Fsp3) is 0.900. The standard InChI is InChI=1S/C10H16O/c1-6-3-8-4-9(6)10(5-8)7(2)11/h6,8-10H,3-5H2,1-2H3. The molecule has 0 heterocycles. The van der Waals surface area contributed by atoms with E-state index in [0.29, 0.717) is 11.7 Å². The molecule has 2 bridgehead atoms. The largest absolute Gasteiger partial charge is 0.300 e. The Morgan fingerprint density at radius 1 is 1.27 bits per heavy atom. The second-order valence-electron chi connectivity index (χ2n) is 4.43. The molecule has 62 valence electrons. The van der Waals surface area contributed by atoms with Crippen LogP contribution in [0, 0.1) is 23.7 Å². The van der Waals surface area contributed by atoms with Gasteiger partial charge in [0.15, 0.2) is 0 Å². The maximum Gasteiger partial charge on any atom is 0.133 e. The van der Waals surface area contributed by atoms with E-state index in [-0.39, 0.29) is 0 Å². The van der Waals surface area contributed by atoms with Gasteiger partial charge < -0.3 is 0 Å². The third kappa shape index (κ3) is 1.02. The summed E-state index contributed by atoms with van der Waals surface area (Å²) in [4.78, 5) is 11.2. The minimum absolute atomic E-state index is 0.434. The summed E-state index contributed by atoms with van der Waals surface area (Å²) in [6.45, 7) is 4.07. The van der Waals surface area contributed by atoms with E-state index < -0.39 is 0 Å². The zero-order valence-electron chi connectivity index (χ0n) is 7.34. The van der Waals surface area contributed by atoms with Crippen LogP contribution in [-0.4, -0.2) is 5.78 Å². The molecule has 1 nitrogen and oxygen atoms in total. The van der Waals surface area contributed by atoms with Gasteiger partial charge in [-0.25, -0.2) is 0 Å². The van der Waals surface area contributed by atoms with Crippen LogP contribution in [0.15, 0.2) is 0 Å². The van der Waals surface area contributed by atoms with E-state index in [9.17, 15) is 4.79 Å². The molecule has 0 aromatic rings. The van der Waals surface area contributed by atoms with Gasteiger partial charge in [-0.3, -0.25) is 4.79 Å². The molecular formula is C10H16O. The van der Waals surface area contributed by atoms with Crippen LogP contribution in [0.4, 0.5) is 0 Å². The zero-order valence-corrected chi connectivity index (χ0v) is 7.34. The van der Waals surface area contributed by atoms with Crippen LogP contribution in [0.5, 0.6) is 0 Å². The highest BCUT2D eigenvalue weighted by Crippen LogP contribution is 2.51. The topological polar surface area (TPSA) is 17.1 Å². The number of ketones is 1. The highest BCUT2D eigenvalue weighted by molar-refractivity contribution is 5.79. The molecule has 2 fully saturated rings. The van der Waals surface area contributed by atoms with Crippen molar-refractivity contribution in [2.45, 2.75) is 33.1 Å². The summed E-state index contributed by atoms with van der Waals surface area (Å²) < 4.78 is 0. The van der Waals surface area contributed by atoms with Crippen LogP contribution < -0.4 is 0 Å². The van der Waals surface area contributed by atoms with Gasteiger partial charge in [-0.1, -0.05) is 6.92 Å². The van der Waals surface area contributed by atoms with Crippen molar-refractivity contribution >= 4 is 5.78 Å². The molecule has 0 aromatic carbocycles. The van der Waals surface area contributed by atoms with Crippen molar-refractivity contribution in [3.05, 3.63) is 0 Å². The smallest absolute Gasteiger partial charge is 0.133 e. The average molecular weight is 152 g/mol. The quantitative estimate of drug-likeness (QED) is 0.563. The van der Waals surface area contributed by atoms with Gasteiger partial charge in [-0.2, -0.15) is 0 Å². The molecule has 2 rings (SSSR count). The van der Waals surface area contributed by atoms with Gasteiger partial charge in [0.25, 0.3) is 0 Å². The Hall–Kier alpha value is -0.330. The van der Waals surface area contributed by atoms with E-state index in [0.717, 1.165) is 17.8 Å². The van der Waals surface area contributed by atoms with Crippen molar-refractivity contribution in [3.8, 4) is 0 Å². The van der Waals surface area contributed by atoms with Gasteiger partial charge >= 0.3 is 0 Å². The third-order valence-corrected chi connectivity index (χ3v) is 3.67. The molecule has 0 amide bonds. The lowest BCUT2D eigenvalue weighted by molar-refractivity contribution is -0.122. The lowest BCUT2D eigenvalue weighted by Gasteiger charge is -2.24. The number of hydrogen-bond donors (Lipinski definition) is 0. The van der Waals surface area contributed by atoms with Crippen molar-refractivity contribution < 1.29 is 4.79 Å². The molecule has 0 saturated heterocycles. The van der Waals surface area contributed by atoms with Gasteiger partial charge in [0.2, 0.25) is 0 Å². The normalized spacial score (nSPS) is 48.2. The summed E-state index contributed by atoms with van der Waals surface area (Å²) in [6.07, 6.45) is 3.92. The lowest BCUT2D eigenvalue weighted by Crippen LogP contribution is -2.23. The van der Waals surface area contributed by atoms with Crippen molar-refractivity contribution in [2.75, 3.05) is 0 Å². The molecule has 2 aliphatic carbocycles. The maximum atomic E-state index is 11.2. The molecule has 0 radical (unpaired) electrons. The zero-order chi connectivity index (χ0) is 8.01. The highest BCUT2D eigenvalue weighted by Gasteiger charge is 2.45. The Morgan fingerprint density at radius 3 is 2.36 bits per heavy atom. The Balaban J connectivity index is 2.12. The monoisotopic (exact) mass is 152 g/mol. The molecule has 11 heavy (non-hydrogen) atoms. The molecule has 4 atom stereocenters. The van der Waals surface area contributed by atoms with E-state index in [1.54, 1.807) is 6.92 Å². The van der Waals surface area contributed by atoms with Crippen molar-refractivity contribution in [1.29, 1.82) is 0 Å². The molecule has 0 N–H and O–H groups in total.